The lowest BCUT2D eigenvalue weighted by molar-refractivity contribution is 0.181. The standard InChI is InChI=1S/C11H22ClNS/c1-2-14-9-8-13-7-3-4-11(10-13)5-6-12/h11H,2-10H2,1H3. The number of hydrogen-bond donors (Lipinski definition) is 0. The third-order valence-electron chi connectivity index (χ3n) is 2.88. The van der Waals surface area contributed by atoms with Gasteiger partial charge in [0.1, 0.15) is 0 Å². The van der Waals surface area contributed by atoms with Crippen LogP contribution in [-0.2, 0) is 0 Å². The Morgan fingerprint density at radius 1 is 1.50 bits per heavy atom. The van der Waals surface area contributed by atoms with Crippen LogP contribution in [0, 0.1) is 5.92 Å². The van der Waals surface area contributed by atoms with E-state index in [1.165, 1.54) is 50.4 Å². The maximum absolute atomic E-state index is 5.79. The molecule has 0 saturated carbocycles. The van der Waals surface area contributed by atoms with E-state index in [1.807, 2.05) is 11.8 Å². The molecule has 3 heteroatoms. The van der Waals surface area contributed by atoms with E-state index in [0.717, 1.165) is 11.8 Å². The second kappa shape index (κ2) is 7.84. The first-order valence-electron chi connectivity index (χ1n) is 5.73. The highest BCUT2D eigenvalue weighted by molar-refractivity contribution is 7.99. The van der Waals surface area contributed by atoms with Crippen LogP contribution in [0.3, 0.4) is 0 Å². The molecule has 1 aliphatic heterocycles. The summed E-state index contributed by atoms with van der Waals surface area (Å²) in [6.07, 6.45) is 3.97. The molecule has 1 aliphatic rings. The monoisotopic (exact) mass is 235 g/mol. The Balaban J connectivity index is 2.12. The first-order valence-corrected chi connectivity index (χ1v) is 7.41. The molecular weight excluding hydrogens is 214 g/mol. The smallest absolute Gasteiger partial charge is 0.0226 e. The van der Waals surface area contributed by atoms with Gasteiger partial charge in [-0.05, 0) is 37.5 Å². The quantitative estimate of drug-likeness (QED) is 0.514. The molecule has 0 bridgehead atoms. The Bertz CT molecular complexity index is 141. The van der Waals surface area contributed by atoms with E-state index in [-0.39, 0.29) is 0 Å². The first-order chi connectivity index (χ1) is 6.86. The van der Waals surface area contributed by atoms with Crippen LogP contribution in [0.4, 0.5) is 0 Å². The second-order valence-corrected chi connectivity index (χ2v) is 5.76. The van der Waals surface area contributed by atoms with E-state index in [0.29, 0.717) is 0 Å². The fourth-order valence-corrected chi connectivity index (χ4v) is 3.07. The van der Waals surface area contributed by atoms with Gasteiger partial charge in [-0.1, -0.05) is 6.92 Å². The van der Waals surface area contributed by atoms with Crippen molar-refractivity contribution in [3.63, 3.8) is 0 Å². The number of nitrogens with zero attached hydrogens (tertiary/aromatic N) is 1. The molecule has 1 rings (SSSR count). The summed E-state index contributed by atoms with van der Waals surface area (Å²) in [6, 6.07) is 0. The van der Waals surface area contributed by atoms with Gasteiger partial charge >= 0.3 is 0 Å². The second-order valence-electron chi connectivity index (χ2n) is 3.98. The summed E-state index contributed by atoms with van der Waals surface area (Å²) in [5, 5.41) is 0. The molecule has 1 heterocycles. The van der Waals surface area contributed by atoms with Crippen molar-refractivity contribution in [2.45, 2.75) is 26.2 Å². The van der Waals surface area contributed by atoms with Gasteiger partial charge in [-0.25, -0.2) is 0 Å². The minimum Gasteiger partial charge on any atom is -0.302 e. The van der Waals surface area contributed by atoms with Crippen LogP contribution in [0.5, 0.6) is 0 Å². The van der Waals surface area contributed by atoms with Crippen LogP contribution in [0.2, 0.25) is 0 Å². The summed E-state index contributed by atoms with van der Waals surface area (Å²) in [5.74, 6) is 4.25. The van der Waals surface area contributed by atoms with E-state index in [2.05, 4.69) is 11.8 Å². The van der Waals surface area contributed by atoms with E-state index in [9.17, 15) is 0 Å². The number of likely N-dealkylation sites (tertiary alicyclic amines) is 1. The van der Waals surface area contributed by atoms with Crippen molar-refractivity contribution in [2.24, 2.45) is 5.92 Å². The lowest BCUT2D eigenvalue weighted by Gasteiger charge is -2.32. The van der Waals surface area contributed by atoms with Crippen molar-refractivity contribution in [1.82, 2.24) is 4.90 Å². The van der Waals surface area contributed by atoms with E-state index < -0.39 is 0 Å². The van der Waals surface area contributed by atoms with Gasteiger partial charge in [-0.2, -0.15) is 11.8 Å². The Hall–Kier alpha value is 0.600. The lowest BCUT2D eigenvalue weighted by atomic mass is 9.96. The van der Waals surface area contributed by atoms with Gasteiger partial charge in [-0.3, -0.25) is 0 Å². The fraction of sp³-hybridized carbons (Fsp3) is 1.00. The van der Waals surface area contributed by atoms with Crippen molar-refractivity contribution < 1.29 is 0 Å². The molecule has 84 valence electrons. The SMILES string of the molecule is CCSCCN1CCCC(CCCl)C1. The number of thioether (sulfide) groups is 1. The predicted molar refractivity (Wildman–Crippen MR) is 67.5 cm³/mol. The van der Waals surface area contributed by atoms with Gasteiger partial charge in [0.25, 0.3) is 0 Å². The minimum absolute atomic E-state index is 0.836. The summed E-state index contributed by atoms with van der Waals surface area (Å²) in [4.78, 5) is 2.61. The maximum Gasteiger partial charge on any atom is 0.0226 e. The molecule has 0 aromatic heterocycles. The highest BCUT2D eigenvalue weighted by Gasteiger charge is 2.18. The van der Waals surface area contributed by atoms with Crippen molar-refractivity contribution in [1.29, 1.82) is 0 Å². The minimum atomic E-state index is 0.836. The molecule has 14 heavy (non-hydrogen) atoms. The molecule has 0 spiro atoms. The zero-order valence-electron chi connectivity index (χ0n) is 9.17. The van der Waals surface area contributed by atoms with Crippen LogP contribution >= 0.6 is 23.4 Å². The van der Waals surface area contributed by atoms with E-state index >= 15 is 0 Å². The molecule has 0 amide bonds. The van der Waals surface area contributed by atoms with Crippen LogP contribution < -0.4 is 0 Å². The summed E-state index contributed by atoms with van der Waals surface area (Å²) >= 11 is 7.84. The Kier molecular flexibility index (Phi) is 7.09. The molecular formula is C11H22ClNS. The van der Waals surface area contributed by atoms with Crippen LogP contribution in [0.25, 0.3) is 0 Å². The van der Waals surface area contributed by atoms with Crippen molar-refractivity contribution in [2.75, 3.05) is 37.0 Å². The van der Waals surface area contributed by atoms with Gasteiger partial charge in [0.2, 0.25) is 0 Å². The summed E-state index contributed by atoms with van der Waals surface area (Å²) in [6.45, 7) is 6.11. The normalized spacial score (nSPS) is 24.0. The van der Waals surface area contributed by atoms with Gasteiger partial charge < -0.3 is 4.90 Å². The third kappa shape index (κ3) is 4.90. The van der Waals surface area contributed by atoms with Crippen LogP contribution in [-0.4, -0.2) is 41.9 Å². The van der Waals surface area contributed by atoms with Gasteiger partial charge in [0, 0.05) is 24.7 Å². The van der Waals surface area contributed by atoms with Crippen LogP contribution in [0.15, 0.2) is 0 Å². The third-order valence-corrected chi connectivity index (χ3v) is 3.97. The van der Waals surface area contributed by atoms with Crippen molar-refractivity contribution >= 4 is 23.4 Å². The van der Waals surface area contributed by atoms with Crippen LogP contribution in [0.1, 0.15) is 26.2 Å². The molecule has 0 aromatic rings. The molecule has 1 fully saturated rings. The molecule has 1 unspecified atom stereocenters. The maximum atomic E-state index is 5.79. The number of piperidine rings is 1. The van der Waals surface area contributed by atoms with E-state index in [4.69, 9.17) is 11.6 Å². The Morgan fingerprint density at radius 3 is 3.07 bits per heavy atom. The molecule has 0 aromatic carbocycles. The van der Waals surface area contributed by atoms with Gasteiger partial charge in [-0.15, -0.1) is 11.6 Å². The Labute approximate surface area is 97.6 Å². The number of rotatable bonds is 6. The summed E-state index contributed by atoms with van der Waals surface area (Å²) in [5.41, 5.74) is 0. The Morgan fingerprint density at radius 2 is 2.36 bits per heavy atom. The molecule has 0 aliphatic carbocycles. The highest BCUT2D eigenvalue weighted by atomic mass is 35.5. The zero-order valence-corrected chi connectivity index (χ0v) is 10.7. The van der Waals surface area contributed by atoms with Crippen molar-refractivity contribution in [3.8, 4) is 0 Å². The molecule has 0 radical (unpaired) electrons. The topological polar surface area (TPSA) is 3.24 Å². The first kappa shape index (κ1) is 12.7. The number of alkyl halides is 1. The molecule has 0 N–H and O–H groups in total. The highest BCUT2D eigenvalue weighted by Crippen LogP contribution is 2.20. The van der Waals surface area contributed by atoms with Gasteiger partial charge in [0.15, 0.2) is 0 Å². The van der Waals surface area contributed by atoms with E-state index in [1.54, 1.807) is 0 Å². The molecule has 1 nitrogen and oxygen atoms in total. The average molecular weight is 236 g/mol. The van der Waals surface area contributed by atoms with Gasteiger partial charge in [0.05, 0.1) is 0 Å². The molecule has 1 saturated heterocycles. The lowest BCUT2D eigenvalue weighted by Crippen LogP contribution is -2.37. The predicted octanol–water partition coefficient (Wildman–Crippen LogP) is 3.08. The van der Waals surface area contributed by atoms with Crippen molar-refractivity contribution in [3.05, 3.63) is 0 Å². The largest absolute Gasteiger partial charge is 0.302 e. The molecule has 1 atom stereocenters. The fourth-order valence-electron chi connectivity index (χ4n) is 2.08. The average Bonchev–Trinajstić information content (AvgIpc) is 2.19. The zero-order chi connectivity index (χ0) is 10.2. The number of halogens is 1. The summed E-state index contributed by atoms with van der Waals surface area (Å²) < 4.78 is 0. The summed E-state index contributed by atoms with van der Waals surface area (Å²) in [7, 11) is 0. The number of hydrogen-bond acceptors (Lipinski definition) is 2.